The van der Waals surface area contributed by atoms with Gasteiger partial charge in [-0.25, -0.2) is 0 Å². The van der Waals surface area contributed by atoms with Crippen LogP contribution >= 0.6 is 11.8 Å². The highest BCUT2D eigenvalue weighted by Crippen LogP contribution is 2.16. The van der Waals surface area contributed by atoms with Gasteiger partial charge in [-0.15, -0.1) is 0 Å². The fourth-order valence-electron chi connectivity index (χ4n) is 1.64. The lowest BCUT2D eigenvalue weighted by Crippen LogP contribution is -2.58. The standard InChI is InChI=1S/C9H20N2S/c1-9(2)8-10-4-5-11(9)6-7-12-3/h10H,4-8H2,1-3H3. The van der Waals surface area contributed by atoms with Crippen molar-refractivity contribution in [2.45, 2.75) is 19.4 Å². The molecule has 0 aromatic carbocycles. The number of nitrogens with zero attached hydrogens (tertiary/aromatic N) is 1. The van der Waals surface area contributed by atoms with E-state index in [1.54, 1.807) is 0 Å². The lowest BCUT2D eigenvalue weighted by atomic mass is 10.0. The SMILES string of the molecule is CSCCN1CCNCC1(C)C. The molecule has 0 aromatic rings. The molecule has 0 spiro atoms. The molecule has 1 saturated heterocycles. The molecule has 0 aliphatic carbocycles. The van der Waals surface area contributed by atoms with Crippen molar-refractivity contribution in [3.05, 3.63) is 0 Å². The molecule has 0 amide bonds. The van der Waals surface area contributed by atoms with Crippen LogP contribution in [0.3, 0.4) is 0 Å². The molecule has 1 aliphatic rings. The third-order valence-corrected chi connectivity index (χ3v) is 3.13. The highest BCUT2D eigenvalue weighted by atomic mass is 32.2. The summed E-state index contributed by atoms with van der Waals surface area (Å²) in [7, 11) is 0. The molecule has 1 heterocycles. The van der Waals surface area contributed by atoms with E-state index in [0.717, 1.165) is 13.1 Å². The van der Waals surface area contributed by atoms with Crippen LogP contribution in [0.1, 0.15) is 13.8 Å². The van der Waals surface area contributed by atoms with Gasteiger partial charge >= 0.3 is 0 Å². The molecule has 2 nitrogen and oxygen atoms in total. The molecule has 1 fully saturated rings. The maximum Gasteiger partial charge on any atom is 0.0278 e. The summed E-state index contributed by atoms with van der Waals surface area (Å²) in [4.78, 5) is 2.58. The number of nitrogens with one attached hydrogen (secondary N) is 1. The molecule has 1 N–H and O–H groups in total. The first-order valence-electron chi connectivity index (χ1n) is 4.61. The van der Waals surface area contributed by atoms with Crippen molar-refractivity contribution < 1.29 is 0 Å². The van der Waals surface area contributed by atoms with E-state index in [1.165, 1.54) is 18.8 Å². The van der Waals surface area contributed by atoms with Gasteiger partial charge in [-0.05, 0) is 20.1 Å². The minimum atomic E-state index is 0.355. The van der Waals surface area contributed by atoms with Crippen LogP contribution in [0.5, 0.6) is 0 Å². The molecule has 3 heteroatoms. The summed E-state index contributed by atoms with van der Waals surface area (Å²) < 4.78 is 0. The van der Waals surface area contributed by atoms with Crippen molar-refractivity contribution in [3.63, 3.8) is 0 Å². The summed E-state index contributed by atoms with van der Waals surface area (Å²) in [6, 6.07) is 0. The van der Waals surface area contributed by atoms with Crippen LogP contribution in [-0.4, -0.2) is 48.6 Å². The average Bonchev–Trinajstić information content (AvgIpc) is 2.02. The molecule has 0 atom stereocenters. The van der Waals surface area contributed by atoms with Gasteiger partial charge in [-0.3, -0.25) is 4.90 Å². The largest absolute Gasteiger partial charge is 0.314 e. The fraction of sp³-hybridized carbons (Fsp3) is 1.00. The first-order valence-corrected chi connectivity index (χ1v) is 6.01. The van der Waals surface area contributed by atoms with Crippen LogP contribution in [0, 0.1) is 0 Å². The van der Waals surface area contributed by atoms with Crippen molar-refractivity contribution in [3.8, 4) is 0 Å². The fourth-order valence-corrected chi connectivity index (χ4v) is 2.04. The maximum absolute atomic E-state index is 3.43. The lowest BCUT2D eigenvalue weighted by Gasteiger charge is -2.42. The molecule has 0 unspecified atom stereocenters. The summed E-state index contributed by atoms with van der Waals surface area (Å²) in [5.74, 6) is 1.25. The van der Waals surface area contributed by atoms with Crippen molar-refractivity contribution >= 4 is 11.8 Å². The Morgan fingerprint density at radius 3 is 2.83 bits per heavy atom. The van der Waals surface area contributed by atoms with E-state index in [-0.39, 0.29) is 0 Å². The summed E-state index contributed by atoms with van der Waals surface area (Å²) >= 11 is 1.93. The predicted octanol–water partition coefficient (Wildman–Crippen LogP) is 1.03. The molecule has 1 aliphatic heterocycles. The van der Waals surface area contributed by atoms with Gasteiger partial charge in [0.2, 0.25) is 0 Å². The molecular weight excluding hydrogens is 168 g/mol. The summed E-state index contributed by atoms with van der Waals surface area (Å²) in [6.45, 7) is 9.35. The Labute approximate surface area is 80.1 Å². The molecule has 12 heavy (non-hydrogen) atoms. The average molecular weight is 188 g/mol. The minimum Gasteiger partial charge on any atom is -0.314 e. The summed E-state index contributed by atoms with van der Waals surface area (Å²) in [5.41, 5.74) is 0.355. The number of piperazine rings is 1. The van der Waals surface area contributed by atoms with Gasteiger partial charge in [0.15, 0.2) is 0 Å². The number of rotatable bonds is 3. The smallest absolute Gasteiger partial charge is 0.0278 e. The van der Waals surface area contributed by atoms with E-state index >= 15 is 0 Å². The third kappa shape index (κ3) is 2.64. The van der Waals surface area contributed by atoms with Crippen molar-refractivity contribution in [1.82, 2.24) is 10.2 Å². The highest BCUT2D eigenvalue weighted by Gasteiger charge is 2.28. The zero-order valence-corrected chi connectivity index (χ0v) is 9.21. The van der Waals surface area contributed by atoms with Crippen molar-refractivity contribution in [2.75, 3.05) is 38.2 Å². The Kier molecular flexibility index (Phi) is 3.87. The van der Waals surface area contributed by atoms with Crippen LogP contribution < -0.4 is 5.32 Å². The third-order valence-electron chi connectivity index (χ3n) is 2.54. The van der Waals surface area contributed by atoms with Gasteiger partial charge in [0, 0.05) is 37.5 Å². The monoisotopic (exact) mass is 188 g/mol. The van der Waals surface area contributed by atoms with Gasteiger partial charge in [0.1, 0.15) is 0 Å². The van der Waals surface area contributed by atoms with Gasteiger partial charge in [0.05, 0.1) is 0 Å². The first-order chi connectivity index (χ1) is 5.67. The second kappa shape index (κ2) is 4.49. The Morgan fingerprint density at radius 2 is 2.25 bits per heavy atom. The Morgan fingerprint density at radius 1 is 1.50 bits per heavy atom. The van der Waals surface area contributed by atoms with Gasteiger partial charge in [-0.1, -0.05) is 0 Å². The number of thioether (sulfide) groups is 1. The molecule has 0 aromatic heterocycles. The maximum atomic E-state index is 3.43. The second-order valence-corrected chi connectivity index (χ2v) is 4.95. The Bertz CT molecular complexity index is 136. The molecule has 0 bridgehead atoms. The van der Waals surface area contributed by atoms with E-state index in [4.69, 9.17) is 0 Å². The first kappa shape index (κ1) is 10.4. The van der Waals surface area contributed by atoms with E-state index < -0.39 is 0 Å². The lowest BCUT2D eigenvalue weighted by molar-refractivity contribution is 0.0986. The van der Waals surface area contributed by atoms with Crippen LogP contribution in [0.25, 0.3) is 0 Å². The van der Waals surface area contributed by atoms with Gasteiger partial charge in [0.25, 0.3) is 0 Å². The van der Waals surface area contributed by atoms with E-state index in [9.17, 15) is 0 Å². The second-order valence-electron chi connectivity index (χ2n) is 3.97. The zero-order valence-electron chi connectivity index (χ0n) is 8.39. The normalized spacial score (nSPS) is 24.2. The van der Waals surface area contributed by atoms with Crippen molar-refractivity contribution in [2.24, 2.45) is 0 Å². The highest BCUT2D eigenvalue weighted by molar-refractivity contribution is 7.98. The van der Waals surface area contributed by atoms with Crippen LogP contribution in [0.2, 0.25) is 0 Å². The molecule has 72 valence electrons. The zero-order chi connectivity index (χ0) is 9.03. The van der Waals surface area contributed by atoms with Gasteiger partial charge in [-0.2, -0.15) is 11.8 Å². The van der Waals surface area contributed by atoms with Gasteiger partial charge < -0.3 is 5.32 Å². The minimum absolute atomic E-state index is 0.355. The molecule has 1 rings (SSSR count). The van der Waals surface area contributed by atoms with Crippen LogP contribution in [-0.2, 0) is 0 Å². The van der Waals surface area contributed by atoms with E-state index in [2.05, 4.69) is 30.3 Å². The Balaban J connectivity index is 2.37. The van der Waals surface area contributed by atoms with Crippen molar-refractivity contribution in [1.29, 1.82) is 0 Å². The van der Waals surface area contributed by atoms with E-state index in [1.807, 2.05) is 11.8 Å². The van der Waals surface area contributed by atoms with Crippen LogP contribution in [0.15, 0.2) is 0 Å². The topological polar surface area (TPSA) is 15.3 Å². The molecule has 0 radical (unpaired) electrons. The summed E-state index contributed by atoms with van der Waals surface area (Å²) in [6.07, 6.45) is 2.18. The van der Waals surface area contributed by atoms with E-state index in [0.29, 0.717) is 5.54 Å². The Hall–Kier alpha value is 0.270. The summed E-state index contributed by atoms with van der Waals surface area (Å²) in [5, 5.41) is 3.43. The van der Waals surface area contributed by atoms with Crippen LogP contribution in [0.4, 0.5) is 0 Å². The predicted molar refractivity (Wildman–Crippen MR) is 56.9 cm³/mol. The number of hydrogen-bond acceptors (Lipinski definition) is 3. The number of hydrogen-bond donors (Lipinski definition) is 1. The molecular formula is C9H20N2S. The molecule has 0 saturated carbocycles. The quantitative estimate of drug-likeness (QED) is 0.712.